The number of rotatable bonds is 3. The van der Waals surface area contributed by atoms with Crippen molar-refractivity contribution in [1.29, 1.82) is 0 Å². The van der Waals surface area contributed by atoms with Gasteiger partial charge in [-0.15, -0.1) is 0 Å². The fourth-order valence-corrected chi connectivity index (χ4v) is 4.32. The minimum atomic E-state index is -3.49. The number of aromatic nitrogens is 4. The second-order valence-corrected chi connectivity index (χ2v) is 7.71. The Balaban J connectivity index is 1.73. The van der Waals surface area contributed by atoms with Crippen molar-refractivity contribution >= 4 is 10.0 Å². The van der Waals surface area contributed by atoms with Gasteiger partial charge in [0, 0.05) is 45.5 Å². The summed E-state index contributed by atoms with van der Waals surface area (Å²) in [6, 6.07) is 2.01. The predicted octanol–water partition coefficient (Wildman–Crippen LogP) is 1.03. The van der Waals surface area contributed by atoms with Gasteiger partial charge in [-0.1, -0.05) is 0 Å². The number of imidazole rings is 1. The van der Waals surface area contributed by atoms with E-state index in [-0.39, 0.29) is 5.03 Å². The highest BCUT2D eigenvalue weighted by Gasteiger charge is 2.32. The Bertz CT molecular complexity index is 750. The molecule has 0 aromatic carbocycles. The third-order valence-electron chi connectivity index (χ3n) is 4.30. The van der Waals surface area contributed by atoms with Gasteiger partial charge in [-0.25, -0.2) is 13.4 Å². The van der Waals surface area contributed by atoms with Crippen LogP contribution in [0.1, 0.15) is 30.3 Å². The highest BCUT2D eigenvalue weighted by Crippen LogP contribution is 2.29. The summed E-state index contributed by atoms with van der Waals surface area (Å²) in [5, 5.41) is 4.57. The first-order chi connectivity index (χ1) is 10.4. The molecule has 1 aliphatic rings. The van der Waals surface area contributed by atoms with Gasteiger partial charge in [0.15, 0.2) is 5.03 Å². The summed E-state index contributed by atoms with van der Waals surface area (Å²) in [5.41, 5.74) is 1.05. The molecule has 0 N–H and O–H groups in total. The number of hydrogen-bond donors (Lipinski definition) is 0. The standard InChI is InChI=1S/C14H21N5O2S/c1-11-15-14(10-17(11)2)22(20,21)19-8-4-12(5-9-19)13-6-7-18(3)16-13/h6-7,10,12H,4-5,8-9H2,1-3H3. The first-order valence-electron chi connectivity index (χ1n) is 7.37. The Morgan fingerprint density at radius 1 is 1.23 bits per heavy atom. The first-order valence-corrected chi connectivity index (χ1v) is 8.81. The molecule has 3 heterocycles. The van der Waals surface area contributed by atoms with Gasteiger partial charge in [0.05, 0.1) is 5.69 Å². The smallest absolute Gasteiger partial charge is 0.262 e. The minimum absolute atomic E-state index is 0.142. The largest absolute Gasteiger partial charge is 0.337 e. The molecule has 0 saturated carbocycles. The normalized spacial score (nSPS) is 18.0. The molecule has 0 radical (unpaired) electrons. The van der Waals surface area contributed by atoms with E-state index in [1.54, 1.807) is 29.4 Å². The van der Waals surface area contributed by atoms with Crippen LogP contribution in [-0.4, -0.2) is 45.1 Å². The van der Waals surface area contributed by atoms with Crippen LogP contribution in [0.3, 0.4) is 0 Å². The Labute approximate surface area is 130 Å². The van der Waals surface area contributed by atoms with E-state index < -0.39 is 10.0 Å². The van der Waals surface area contributed by atoms with Crippen molar-refractivity contribution in [2.45, 2.75) is 30.7 Å². The van der Waals surface area contributed by atoms with Crippen molar-refractivity contribution in [3.8, 4) is 0 Å². The van der Waals surface area contributed by atoms with Gasteiger partial charge >= 0.3 is 0 Å². The van der Waals surface area contributed by atoms with Gasteiger partial charge in [0.25, 0.3) is 10.0 Å². The summed E-state index contributed by atoms with van der Waals surface area (Å²) in [6.45, 7) is 2.82. The van der Waals surface area contributed by atoms with E-state index in [9.17, 15) is 8.42 Å². The third kappa shape index (κ3) is 2.68. The fraction of sp³-hybridized carbons (Fsp3) is 0.571. The van der Waals surface area contributed by atoms with Crippen LogP contribution in [-0.2, 0) is 24.1 Å². The molecule has 2 aromatic heterocycles. The van der Waals surface area contributed by atoms with Gasteiger partial charge in [-0.2, -0.15) is 9.40 Å². The Kier molecular flexibility index (Phi) is 3.82. The van der Waals surface area contributed by atoms with Crippen LogP contribution in [0.25, 0.3) is 0 Å². The second-order valence-electron chi connectivity index (χ2n) is 5.83. The van der Waals surface area contributed by atoms with E-state index in [1.165, 1.54) is 4.31 Å². The summed E-state index contributed by atoms with van der Waals surface area (Å²) in [7, 11) is 0.207. The summed E-state index contributed by atoms with van der Waals surface area (Å²) in [5.74, 6) is 1.03. The van der Waals surface area contributed by atoms with E-state index in [4.69, 9.17) is 0 Å². The van der Waals surface area contributed by atoms with Crippen LogP contribution in [0.15, 0.2) is 23.5 Å². The van der Waals surface area contributed by atoms with Crippen molar-refractivity contribution in [2.75, 3.05) is 13.1 Å². The molecule has 0 aliphatic carbocycles. The average Bonchev–Trinajstić information content (AvgIpc) is 3.06. The molecular weight excluding hydrogens is 302 g/mol. The lowest BCUT2D eigenvalue weighted by Crippen LogP contribution is -2.38. The molecule has 0 amide bonds. The first kappa shape index (κ1) is 15.2. The third-order valence-corrected chi connectivity index (χ3v) is 6.07. The zero-order valence-electron chi connectivity index (χ0n) is 13.1. The number of nitrogens with zero attached hydrogens (tertiary/aromatic N) is 5. The van der Waals surface area contributed by atoms with Crippen molar-refractivity contribution in [1.82, 2.24) is 23.6 Å². The molecule has 3 rings (SSSR count). The van der Waals surface area contributed by atoms with Gasteiger partial charge in [0.1, 0.15) is 5.82 Å². The number of hydrogen-bond acceptors (Lipinski definition) is 4. The van der Waals surface area contributed by atoms with E-state index in [0.717, 1.165) is 18.5 Å². The maximum Gasteiger partial charge on any atom is 0.262 e. The molecule has 1 aliphatic heterocycles. The van der Waals surface area contributed by atoms with Gasteiger partial charge in [-0.3, -0.25) is 4.68 Å². The van der Waals surface area contributed by atoms with Crippen molar-refractivity contribution in [2.24, 2.45) is 14.1 Å². The quantitative estimate of drug-likeness (QED) is 0.846. The molecule has 22 heavy (non-hydrogen) atoms. The Morgan fingerprint density at radius 2 is 1.91 bits per heavy atom. The van der Waals surface area contributed by atoms with Crippen LogP contribution in [0.5, 0.6) is 0 Å². The van der Waals surface area contributed by atoms with Crippen LogP contribution in [0.4, 0.5) is 0 Å². The maximum absolute atomic E-state index is 12.6. The van der Waals surface area contributed by atoms with Crippen LogP contribution < -0.4 is 0 Å². The average molecular weight is 323 g/mol. The van der Waals surface area contributed by atoms with E-state index in [0.29, 0.717) is 24.8 Å². The monoisotopic (exact) mass is 323 g/mol. The van der Waals surface area contributed by atoms with E-state index in [2.05, 4.69) is 10.1 Å². The maximum atomic E-state index is 12.6. The fourth-order valence-electron chi connectivity index (χ4n) is 2.83. The number of sulfonamides is 1. The topological polar surface area (TPSA) is 73.0 Å². The molecule has 1 saturated heterocycles. The van der Waals surface area contributed by atoms with Crippen LogP contribution in [0.2, 0.25) is 0 Å². The molecule has 0 unspecified atom stereocenters. The summed E-state index contributed by atoms with van der Waals surface area (Å²) in [4.78, 5) is 4.16. The minimum Gasteiger partial charge on any atom is -0.337 e. The van der Waals surface area contributed by atoms with Gasteiger partial charge in [-0.05, 0) is 25.8 Å². The zero-order valence-corrected chi connectivity index (χ0v) is 13.9. The lowest BCUT2D eigenvalue weighted by atomic mass is 9.95. The molecule has 2 aromatic rings. The lowest BCUT2D eigenvalue weighted by molar-refractivity contribution is 0.315. The molecule has 7 nitrogen and oxygen atoms in total. The second kappa shape index (κ2) is 5.51. The highest BCUT2D eigenvalue weighted by atomic mass is 32.2. The molecule has 1 fully saturated rings. The number of piperidine rings is 1. The van der Waals surface area contributed by atoms with E-state index in [1.807, 2.05) is 19.3 Å². The van der Waals surface area contributed by atoms with Crippen molar-refractivity contribution in [3.05, 3.63) is 30.0 Å². The van der Waals surface area contributed by atoms with Crippen LogP contribution >= 0.6 is 0 Å². The molecule has 8 heteroatoms. The Morgan fingerprint density at radius 3 is 2.41 bits per heavy atom. The highest BCUT2D eigenvalue weighted by molar-refractivity contribution is 7.89. The molecule has 0 atom stereocenters. The predicted molar refractivity (Wildman–Crippen MR) is 81.9 cm³/mol. The van der Waals surface area contributed by atoms with Gasteiger partial charge < -0.3 is 4.57 Å². The zero-order chi connectivity index (χ0) is 15.9. The summed E-state index contributed by atoms with van der Waals surface area (Å²) < 4.78 is 30.3. The molecule has 0 spiro atoms. The molecule has 120 valence electrons. The lowest BCUT2D eigenvalue weighted by Gasteiger charge is -2.29. The summed E-state index contributed by atoms with van der Waals surface area (Å²) >= 11 is 0. The van der Waals surface area contributed by atoms with Crippen LogP contribution in [0, 0.1) is 6.92 Å². The molecular formula is C14H21N5O2S. The summed E-state index contributed by atoms with van der Waals surface area (Å²) in [6.07, 6.45) is 5.09. The van der Waals surface area contributed by atoms with Crippen molar-refractivity contribution in [3.63, 3.8) is 0 Å². The molecule has 0 bridgehead atoms. The van der Waals surface area contributed by atoms with Gasteiger partial charge in [0.2, 0.25) is 0 Å². The SMILES string of the molecule is Cc1nc(S(=O)(=O)N2CCC(c3ccn(C)n3)CC2)cn1C. The van der Waals surface area contributed by atoms with E-state index >= 15 is 0 Å². The number of aryl methyl sites for hydroxylation is 3. The Hall–Kier alpha value is -1.67. The van der Waals surface area contributed by atoms with Crippen molar-refractivity contribution < 1.29 is 8.42 Å².